The summed E-state index contributed by atoms with van der Waals surface area (Å²) >= 11 is 0. The molecule has 0 saturated carbocycles. The molecule has 0 aliphatic heterocycles. The molecule has 1 aromatic carbocycles. The molecule has 0 bridgehead atoms. The minimum absolute atomic E-state index is 0.196. The molecule has 0 aliphatic rings. The van der Waals surface area contributed by atoms with Crippen LogP contribution < -0.4 is 0 Å². The first kappa shape index (κ1) is 11.5. The summed E-state index contributed by atoms with van der Waals surface area (Å²) in [5.41, 5.74) is 2.24. The Hall–Kier alpha value is -2.56. The second kappa shape index (κ2) is 4.28. The summed E-state index contributed by atoms with van der Waals surface area (Å²) in [6.45, 7) is 1.99. The van der Waals surface area contributed by atoms with Gasteiger partial charge in [0.05, 0.1) is 22.9 Å². The van der Waals surface area contributed by atoms with Gasteiger partial charge in [0.1, 0.15) is 17.1 Å². The molecule has 0 atom stereocenters. The molecule has 2 heterocycles. The van der Waals surface area contributed by atoms with Gasteiger partial charge < -0.3 is 14.5 Å². The van der Waals surface area contributed by atoms with Crippen LogP contribution in [-0.2, 0) is 6.42 Å². The summed E-state index contributed by atoms with van der Waals surface area (Å²) in [5.74, 6) is 0.483. The van der Waals surface area contributed by atoms with E-state index in [1.807, 2.05) is 19.1 Å². The quantitative estimate of drug-likeness (QED) is 0.754. The Balaban J connectivity index is 2.22. The van der Waals surface area contributed by atoms with Crippen molar-refractivity contribution in [3.05, 3.63) is 41.9 Å². The average molecular weight is 256 g/mol. The lowest BCUT2D eigenvalue weighted by Crippen LogP contribution is -1.96. The van der Waals surface area contributed by atoms with E-state index < -0.39 is 5.97 Å². The highest BCUT2D eigenvalue weighted by molar-refractivity contribution is 6.01. The zero-order valence-electron chi connectivity index (χ0n) is 10.3. The van der Waals surface area contributed by atoms with Gasteiger partial charge in [0.25, 0.3) is 0 Å². The number of aromatic carboxylic acids is 1. The molecule has 5 nitrogen and oxygen atoms in total. The number of carboxylic acids is 1. The normalized spacial score (nSPS) is 11.0. The predicted octanol–water partition coefficient (Wildman–Crippen LogP) is 3.08. The third-order valence-corrected chi connectivity index (χ3v) is 3.06. The number of hydrogen-bond donors (Lipinski definition) is 2. The van der Waals surface area contributed by atoms with Crippen molar-refractivity contribution in [1.82, 2.24) is 9.97 Å². The zero-order chi connectivity index (χ0) is 13.4. The minimum atomic E-state index is -0.980. The van der Waals surface area contributed by atoms with E-state index in [0.29, 0.717) is 16.9 Å². The maximum absolute atomic E-state index is 11.2. The molecule has 0 amide bonds. The standard InChI is InChI=1S/C14H12N2O3/c1-2-11-8(6-7-19-11)13-15-10-5-3-4-9(14(17)18)12(10)16-13/h3-7H,2H2,1H3,(H,15,16)(H,17,18). The van der Waals surface area contributed by atoms with Gasteiger partial charge in [0.15, 0.2) is 0 Å². The maximum Gasteiger partial charge on any atom is 0.337 e. The predicted molar refractivity (Wildman–Crippen MR) is 70.1 cm³/mol. The Kier molecular flexibility index (Phi) is 2.59. The number of nitrogens with zero attached hydrogens (tertiary/aromatic N) is 1. The Morgan fingerprint density at radius 1 is 1.42 bits per heavy atom. The summed E-state index contributed by atoms with van der Waals surface area (Å²) in [4.78, 5) is 18.7. The number of rotatable bonds is 3. The molecule has 3 aromatic rings. The van der Waals surface area contributed by atoms with Crippen LogP contribution in [0.3, 0.4) is 0 Å². The number of hydrogen-bond acceptors (Lipinski definition) is 3. The number of para-hydroxylation sites is 1. The third kappa shape index (κ3) is 1.79. The second-order valence-electron chi connectivity index (χ2n) is 4.20. The number of aromatic nitrogens is 2. The van der Waals surface area contributed by atoms with E-state index >= 15 is 0 Å². The molecular formula is C14H12N2O3. The van der Waals surface area contributed by atoms with E-state index in [4.69, 9.17) is 9.52 Å². The van der Waals surface area contributed by atoms with Gasteiger partial charge in [-0.15, -0.1) is 0 Å². The molecular weight excluding hydrogens is 244 g/mol. The van der Waals surface area contributed by atoms with Crippen LogP contribution in [0.4, 0.5) is 0 Å². The number of imidazole rings is 1. The fourth-order valence-corrected chi connectivity index (χ4v) is 2.16. The van der Waals surface area contributed by atoms with Gasteiger partial charge >= 0.3 is 5.97 Å². The summed E-state index contributed by atoms with van der Waals surface area (Å²) in [6, 6.07) is 6.89. The number of fused-ring (bicyclic) bond motifs is 1. The zero-order valence-corrected chi connectivity index (χ0v) is 10.3. The van der Waals surface area contributed by atoms with Crippen molar-refractivity contribution in [3.8, 4) is 11.4 Å². The van der Waals surface area contributed by atoms with Gasteiger partial charge in [-0.3, -0.25) is 0 Å². The van der Waals surface area contributed by atoms with Crippen LogP contribution >= 0.6 is 0 Å². The number of carbonyl (C=O) groups is 1. The Morgan fingerprint density at radius 2 is 2.26 bits per heavy atom. The number of H-pyrrole nitrogens is 1. The smallest absolute Gasteiger partial charge is 0.337 e. The van der Waals surface area contributed by atoms with Crippen molar-refractivity contribution in [2.75, 3.05) is 0 Å². The van der Waals surface area contributed by atoms with E-state index in [0.717, 1.165) is 17.7 Å². The van der Waals surface area contributed by atoms with Crippen molar-refractivity contribution < 1.29 is 14.3 Å². The van der Waals surface area contributed by atoms with Gasteiger partial charge in [0, 0.05) is 6.42 Å². The first-order valence-electron chi connectivity index (χ1n) is 5.99. The number of furan rings is 1. The lowest BCUT2D eigenvalue weighted by Gasteiger charge is -1.94. The molecule has 2 N–H and O–H groups in total. The van der Waals surface area contributed by atoms with E-state index in [-0.39, 0.29) is 5.56 Å². The number of nitrogens with one attached hydrogen (secondary N) is 1. The highest BCUT2D eigenvalue weighted by atomic mass is 16.4. The average Bonchev–Trinajstić information content (AvgIpc) is 3.03. The summed E-state index contributed by atoms with van der Waals surface area (Å²) in [5, 5.41) is 9.15. The topological polar surface area (TPSA) is 79.1 Å². The molecule has 5 heteroatoms. The second-order valence-corrected chi connectivity index (χ2v) is 4.20. The molecule has 3 rings (SSSR count). The van der Waals surface area contributed by atoms with Crippen LogP contribution in [0.15, 0.2) is 34.9 Å². The number of benzene rings is 1. The molecule has 2 aromatic heterocycles. The molecule has 0 saturated heterocycles. The third-order valence-electron chi connectivity index (χ3n) is 3.06. The van der Waals surface area contributed by atoms with E-state index in [1.165, 1.54) is 0 Å². The Labute approximate surface area is 108 Å². The molecule has 19 heavy (non-hydrogen) atoms. The molecule has 0 unspecified atom stereocenters. The fourth-order valence-electron chi connectivity index (χ4n) is 2.16. The SMILES string of the molecule is CCc1occc1-c1nc2c(C(=O)O)cccc2[nH]1. The number of aromatic amines is 1. The van der Waals surface area contributed by atoms with Crippen LogP contribution in [0.25, 0.3) is 22.4 Å². The van der Waals surface area contributed by atoms with Gasteiger partial charge in [-0.25, -0.2) is 9.78 Å². The first-order chi connectivity index (χ1) is 9.20. The summed E-state index contributed by atoms with van der Waals surface area (Å²) in [6.07, 6.45) is 2.37. The van der Waals surface area contributed by atoms with Crippen molar-refractivity contribution in [2.45, 2.75) is 13.3 Å². The van der Waals surface area contributed by atoms with Crippen LogP contribution in [0.1, 0.15) is 23.0 Å². The Morgan fingerprint density at radius 3 is 3.00 bits per heavy atom. The maximum atomic E-state index is 11.2. The Bertz CT molecular complexity index is 755. The fraction of sp³-hybridized carbons (Fsp3) is 0.143. The van der Waals surface area contributed by atoms with E-state index in [9.17, 15) is 4.79 Å². The van der Waals surface area contributed by atoms with Crippen molar-refractivity contribution in [3.63, 3.8) is 0 Å². The van der Waals surface area contributed by atoms with Crippen molar-refractivity contribution >= 4 is 17.0 Å². The van der Waals surface area contributed by atoms with Gasteiger partial charge in [-0.1, -0.05) is 13.0 Å². The molecule has 0 aliphatic carbocycles. The largest absolute Gasteiger partial charge is 0.478 e. The van der Waals surface area contributed by atoms with Crippen LogP contribution in [-0.4, -0.2) is 21.0 Å². The van der Waals surface area contributed by atoms with E-state index in [2.05, 4.69) is 9.97 Å². The molecule has 0 radical (unpaired) electrons. The van der Waals surface area contributed by atoms with Gasteiger partial charge in [-0.05, 0) is 18.2 Å². The molecule has 96 valence electrons. The van der Waals surface area contributed by atoms with Crippen LogP contribution in [0.2, 0.25) is 0 Å². The van der Waals surface area contributed by atoms with Gasteiger partial charge in [-0.2, -0.15) is 0 Å². The van der Waals surface area contributed by atoms with Crippen molar-refractivity contribution in [1.29, 1.82) is 0 Å². The summed E-state index contributed by atoms with van der Waals surface area (Å²) < 4.78 is 5.37. The molecule has 0 fully saturated rings. The highest BCUT2D eigenvalue weighted by Crippen LogP contribution is 2.26. The van der Waals surface area contributed by atoms with Crippen LogP contribution in [0, 0.1) is 0 Å². The number of aryl methyl sites for hydroxylation is 1. The first-order valence-corrected chi connectivity index (χ1v) is 5.99. The van der Waals surface area contributed by atoms with Gasteiger partial charge in [0.2, 0.25) is 0 Å². The number of carboxylic acid groups (broad SMARTS) is 1. The summed E-state index contributed by atoms with van der Waals surface area (Å²) in [7, 11) is 0. The van der Waals surface area contributed by atoms with Crippen molar-refractivity contribution in [2.24, 2.45) is 0 Å². The lowest BCUT2D eigenvalue weighted by molar-refractivity contribution is 0.0699. The lowest BCUT2D eigenvalue weighted by atomic mass is 10.2. The van der Waals surface area contributed by atoms with E-state index in [1.54, 1.807) is 18.4 Å². The highest BCUT2D eigenvalue weighted by Gasteiger charge is 2.15. The van der Waals surface area contributed by atoms with Crippen LogP contribution in [0.5, 0.6) is 0 Å². The monoisotopic (exact) mass is 256 g/mol. The minimum Gasteiger partial charge on any atom is -0.478 e. The molecule has 0 spiro atoms.